The van der Waals surface area contributed by atoms with Gasteiger partial charge in [-0.25, -0.2) is 4.98 Å². The molecule has 0 bridgehead atoms. The number of amides is 2. The van der Waals surface area contributed by atoms with Gasteiger partial charge in [-0.3, -0.25) is 9.59 Å². The lowest BCUT2D eigenvalue weighted by Gasteiger charge is -2.36. The van der Waals surface area contributed by atoms with Crippen LogP contribution >= 0.6 is 11.3 Å². The van der Waals surface area contributed by atoms with Crippen LogP contribution in [0.15, 0.2) is 18.3 Å². The number of carbonyl (C=O) groups is 2. The van der Waals surface area contributed by atoms with Gasteiger partial charge >= 0.3 is 0 Å². The molecule has 2 aromatic heterocycles. The fourth-order valence-corrected chi connectivity index (χ4v) is 4.47. The zero-order valence-corrected chi connectivity index (χ0v) is 15.2. The minimum absolute atomic E-state index is 0.188. The number of carbonyl (C=O) groups excluding carboxylic acids is 2. The van der Waals surface area contributed by atoms with Crippen molar-refractivity contribution >= 4 is 33.4 Å². The Morgan fingerprint density at radius 3 is 2.54 bits per heavy atom. The van der Waals surface area contributed by atoms with Crippen LogP contribution in [0.3, 0.4) is 0 Å². The topological polar surface area (TPSA) is 76.3 Å². The number of likely N-dealkylation sites (tertiary alicyclic amines) is 1. The third-order valence-corrected chi connectivity index (χ3v) is 5.70. The van der Waals surface area contributed by atoms with E-state index in [9.17, 15) is 9.59 Å². The summed E-state index contributed by atoms with van der Waals surface area (Å²) in [7, 11) is 0. The lowest BCUT2D eigenvalue weighted by Crippen LogP contribution is -2.43. The van der Waals surface area contributed by atoms with Gasteiger partial charge in [-0.2, -0.15) is 0 Å². The molecule has 0 unspecified atom stereocenters. The number of fused-ring (bicyclic) bond motifs is 1. The van der Waals surface area contributed by atoms with E-state index < -0.39 is 0 Å². The van der Waals surface area contributed by atoms with Gasteiger partial charge in [0.05, 0.1) is 4.88 Å². The molecule has 1 fully saturated rings. The van der Waals surface area contributed by atoms with Gasteiger partial charge in [0.15, 0.2) is 0 Å². The summed E-state index contributed by atoms with van der Waals surface area (Å²) >= 11 is 1.37. The lowest BCUT2D eigenvalue weighted by atomic mass is 9.86. The van der Waals surface area contributed by atoms with Gasteiger partial charge in [0, 0.05) is 30.1 Å². The van der Waals surface area contributed by atoms with Gasteiger partial charge in [-0.05, 0) is 30.4 Å². The van der Waals surface area contributed by atoms with Crippen LogP contribution in [-0.2, 0) is 4.79 Å². The Hall–Kier alpha value is -1.95. The Balaban J connectivity index is 1.87. The first-order valence-electron chi connectivity index (χ1n) is 8.25. The Labute approximate surface area is 145 Å². The molecular formula is C18H23N3O2S. The van der Waals surface area contributed by atoms with Crippen molar-refractivity contribution in [2.45, 2.75) is 39.5 Å². The van der Waals surface area contributed by atoms with Gasteiger partial charge in [0.25, 0.3) is 5.91 Å². The Bertz CT molecular complexity index is 783. The van der Waals surface area contributed by atoms with Crippen LogP contribution in [0.5, 0.6) is 0 Å². The van der Waals surface area contributed by atoms with Gasteiger partial charge in [0.1, 0.15) is 4.83 Å². The summed E-state index contributed by atoms with van der Waals surface area (Å²) in [6, 6.07) is 3.90. The SMILES string of the molecule is CC(C)(C)C(=O)N1CCC(c2c(C(N)=O)sc3ncccc23)CC1. The van der Waals surface area contributed by atoms with E-state index in [-0.39, 0.29) is 23.1 Å². The van der Waals surface area contributed by atoms with Gasteiger partial charge in [0.2, 0.25) is 5.91 Å². The van der Waals surface area contributed by atoms with Crippen LogP contribution in [0, 0.1) is 5.41 Å². The molecule has 5 nitrogen and oxygen atoms in total. The second-order valence-corrected chi connectivity index (χ2v) is 8.38. The van der Waals surface area contributed by atoms with Gasteiger partial charge in [-0.15, -0.1) is 11.3 Å². The monoisotopic (exact) mass is 345 g/mol. The maximum absolute atomic E-state index is 12.4. The van der Waals surface area contributed by atoms with Crippen molar-refractivity contribution in [3.05, 3.63) is 28.8 Å². The minimum Gasteiger partial charge on any atom is -0.365 e. The van der Waals surface area contributed by atoms with Gasteiger partial charge < -0.3 is 10.6 Å². The van der Waals surface area contributed by atoms with Crippen LogP contribution in [0.4, 0.5) is 0 Å². The molecule has 0 aromatic carbocycles. The van der Waals surface area contributed by atoms with E-state index in [1.165, 1.54) is 11.3 Å². The highest BCUT2D eigenvalue weighted by Crippen LogP contribution is 2.40. The summed E-state index contributed by atoms with van der Waals surface area (Å²) in [6.45, 7) is 7.28. The molecule has 6 heteroatoms. The molecule has 2 aromatic rings. The average molecular weight is 345 g/mol. The predicted octanol–water partition coefficient (Wildman–Crippen LogP) is 3.15. The highest BCUT2D eigenvalue weighted by Gasteiger charge is 2.33. The number of piperidine rings is 1. The zero-order chi connectivity index (χ0) is 17.5. The molecule has 1 saturated heterocycles. The van der Waals surface area contributed by atoms with Crippen molar-refractivity contribution in [3.63, 3.8) is 0 Å². The average Bonchev–Trinajstić information content (AvgIpc) is 2.93. The van der Waals surface area contributed by atoms with Crippen molar-refractivity contribution in [1.29, 1.82) is 0 Å². The fraction of sp³-hybridized carbons (Fsp3) is 0.500. The fourth-order valence-electron chi connectivity index (χ4n) is 3.39. The summed E-state index contributed by atoms with van der Waals surface area (Å²) in [4.78, 5) is 32.1. The molecule has 0 radical (unpaired) electrons. The molecule has 2 N–H and O–H groups in total. The van der Waals surface area contributed by atoms with Gasteiger partial charge in [-0.1, -0.05) is 26.8 Å². The van der Waals surface area contributed by atoms with E-state index in [1.807, 2.05) is 37.8 Å². The standard InChI is InChI=1S/C18H23N3O2S/c1-18(2,3)17(23)21-9-6-11(7-10-21)13-12-5-4-8-20-16(12)24-14(13)15(19)22/h4-5,8,11H,6-7,9-10H2,1-3H3,(H2,19,22). The van der Waals surface area contributed by atoms with Crippen LogP contribution in [0.2, 0.25) is 0 Å². The summed E-state index contributed by atoms with van der Waals surface area (Å²) in [5, 5.41) is 1.02. The minimum atomic E-state index is -0.388. The molecule has 0 aliphatic carbocycles. The molecule has 3 rings (SSSR count). The Morgan fingerprint density at radius 2 is 1.96 bits per heavy atom. The molecule has 3 heterocycles. The number of hydrogen-bond donors (Lipinski definition) is 1. The van der Waals surface area contributed by atoms with Crippen LogP contribution < -0.4 is 5.73 Å². The van der Waals surface area contributed by atoms with E-state index in [2.05, 4.69) is 4.98 Å². The second-order valence-electron chi connectivity index (χ2n) is 7.38. The molecule has 0 saturated carbocycles. The molecule has 24 heavy (non-hydrogen) atoms. The second kappa shape index (κ2) is 6.16. The van der Waals surface area contributed by atoms with Crippen LogP contribution in [0.1, 0.15) is 54.8 Å². The summed E-state index contributed by atoms with van der Waals surface area (Å²) in [5.41, 5.74) is 6.27. The first-order valence-corrected chi connectivity index (χ1v) is 9.07. The Morgan fingerprint density at radius 1 is 1.29 bits per heavy atom. The number of thiophene rings is 1. The molecular weight excluding hydrogens is 322 g/mol. The van der Waals surface area contributed by atoms with Crippen LogP contribution in [-0.4, -0.2) is 34.8 Å². The van der Waals surface area contributed by atoms with Crippen molar-refractivity contribution < 1.29 is 9.59 Å². The van der Waals surface area contributed by atoms with Crippen molar-refractivity contribution in [2.24, 2.45) is 11.1 Å². The number of aromatic nitrogens is 1. The molecule has 0 atom stereocenters. The van der Waals surface area contributed by atoms with E-state index >= 15 is 0 Å². The summed E-state index contributed by atoms with van der Waals surface area (Å²) in [5.74, 6) is 0.0450. The van der Waals surface area contributed by atoms with Crippen LogP contribution in [0.25, 0.3) is 10.2 Å². The number of nitrogens with two attached hydrogens (primary N) is 1. The molecule has 128 valence electrons. The highest BCUT2D eigenvalue weighted by atomic mass is 32.1. The first kappa shape index (κ1) is 16.9. The third kappa shape index (κ3) is 3.02. The number of primary amides is 1. The maximum atomic E-state index is 12.4. The third-order valence-electron chi connectivity index (χ3n) is 4.56. The highest BCUT2D eigenvalue weighted by molar-refractivity contribution is 7.20. The van der Waals surface area contributed by atoms with E-state index in [0.29, 0.717) is 4.88 Å². The number of rotatable bonds is 2. The summed E-state index contributed by atoms with van der Waals surface area (Å²) < 4.78 is 0. The number of pyridine rings is 1. The normalized spacial score (nSPS) is 16.5. The largest absolute Gasteiger partial charge is 0.365 e. The maximum Gasteiger partial charge on any atom is 0.259 e. The quantitative estimate of drug-likeness (QED) is 0.908. The smallest absolute Gasteiger partial charge is 0.259 e. The lowest BCUT2D eigenvalue weighted by molar-refractivity contribution is -0.140. The Kier molecular flexibility index (Phi) is 4.34. The number of hydrogen-bond acceptors (Lipinski definition) is 4. The van der Waals surface area contributed by atoms with E-state index in [1.54, 1.807) is 6.20 Å². The summed E-state index contributed by atoms with van der Waals surface area (Å²) in [6.07, 6.45) is 3.43. The van der Waals surface area contributed by atoms with Crippen molar-refractivity contribution in [3.8, 4) is 0 Å². The van der Waals surface area contributed by atoms with E-state index in [4.69, 9.17) is 5.73 Å². The first-order chi connectivity index (χ1) is 11.3. The van der Waals surface area contributed by atoms with Crippen molar-refractivity contribution in [1.82, 2.24) is 9.88 Å². The molecule has 0 spiro atoms. The molecule has 2 amide bonds. The molecule has 1 aliphatic heterocycles. The number of nitrogens with zero attached hydrogens (tertiary/aromatic N) is 2. The van der Waals surface area contributed by atoms with E-state index in [0.717, 1.165) is 41.7 Å². The molecule has 1 aliphatic rings. The zero-order valence-electron chi connectivity index (χ0n) is 14.3. The van der Waals surface area contributed by atoms with Crippen molar-refractivity contribution in [2.75, 3.05) is 13.1 Å². The predicted molar refractivity (Wildman–Crippen MR) is 96.1 cm³/mol.